The molecule has 0 spiro atoms. The van der Waals surface area contributed by atoms with Crippen molar-refractivity contribution in [1.29, 1.82) is 0 Å². The molecule has 1 aromatic heterocycles. The molecule has 6 heteroatoms. The molecule has 23 heavy (non-hydrogen) atoms. The molecule has 0 fully saturated rings. The third kappa shape index (κ3) is 8.62. The summed E-state index contributed by atoms with van der Waals surface area (Å²) < 4.78 is 15.9. The fraction of sp³-hybridized carbons (Fsp3) is 0.706. The van der Waals surface area contributed by atoms with Crippen LogP contribution in [0.25, 0.3) is 0 Å². The largest absolute Gasteiger partial charge is 0.468 e. The molecule has 0 aliphatic heterocycles. The molecule has 1 rings (SSSR count). The maximum Gasteiger partial charge on any atom is 0.407 e. The molecule has 132 valence electrons. The predicted molar refractivity (Wildman–Crippen MR) is 89.4 cm³/mol. The van der Waals surface area contributed by atoms with Crippen LogP contribution in [-0.4, -0.2) is 38.0 Å². The average Bonchev–Trinajstić information content (AvgIpc) is 2.95. The van der Waals surface area contributed by atoms with Gasteiger partial charge in [0.2, 0.25) is 0 Å². The van der Waals surface area contributed by atoms with Crippen molar-refractivity contribution >= 4 is 6.09 Å². The van der Waals surface area contributed by atoms with Gasteiger partial charge in [-0.3, -0.25) is 0 Å². The van der Waals surface area contributed by atoms with Crippen molar-refractivity contribution in [1.82, 2.24) is 10.6 Å². The quantitative estimate of drug-likeness (QED) is 0.682. The number of ether oxygens (including phenoxy) is 2. The number of carbonyl (C=O) groups excluding carboxylic acids is 1. The number of alkyl carbamates (subject to hydrolysis) is 1. The zero-order valence-electron chi connectivity index (χ0n) is 14.8. The maximum atomic E-state index is 11.6. The fourth-order valence-electron chi connectivity index (χ4n) is 2.24. The highest BCUT2D eigenvalue weighted by molar-refractivity contribution is 5.67. The van der Waals surface area contributed by atoms with E-state index in [1.54, 1.807) is 13.4 Å². The molecular weight excluding hydrogens is 296 g/mol. The van der Waals surface area contributed by atoms with Crippen molar-refractivity contribution in [2.24, 2.45) is 0 Å². The number of hydrogen-bond acceptors (Lipinski definition) is 5. The smallest absolute Gasteiger partial charge is 0.407 e. The number of furan rings is 1. The van der Waals surface area contributed by atoms with E-state index in [1.165, 1.54) is 0 Å². The summed E-state index contributed by atoms with van der Waals surface area (Å²) in [6.07, 6.45) is 3.02. The Hall–Kier alpha value is -1.53. The minimum absolute atomic E-state index is 0.115. The van der Waals surface area contributed by atoms with Gasteiger partial charge in [0.15, 0.2) is 0 Å². The Kier molecular flexibility index (Phi) is 8.12. The molecule has 0 saturated carbocycles. The van der Waals surface area contributed by atoms with Crippen LogP contribution >= 0.6 is 0 Å². The van der Waals surface area contributed by atoms with Crippen LogP contribution in [0.4, 0.5) is 4.79 Å². The average molecular weight is 326 g/mol. The highest BCUT2D eigenvalue weighted by Crippen LogP contribution is 2.14. The van der Waals surface area contributed by atoms with Crippen molar-refractivity contribution in [3.8, 4) is 0 Å². The van der Waals surface area contributed by atoms with Crippen LogP contribution in [0.2, 0.25) is 0 Å². The number of hydrogen-bond donors (Lipinski definition) is 2. The minimum atomic E-state index is -0.470. The fourth-order valence-corrected chi connectivity index (χ4v) is 2.24. The normalized spacial score (nSPS) is 14.3. The molecule has 0 aliphatic rings. The Morgan fingerprint density at radius 2 is 2.13 bits per heavy atom. The third-order valence-corrected chi connectivity index (χ3v) is 3.22. The molecule has 1 amide bonds. The summed E-state index contributed by atoms with van der Waals surface area (Å²) in [5, 5.41) is 6.25. The maximum absolute atomic E-state index is 11.6. The topological polar surface area (TPSA) is 72.7 Å². The first-order valence-electron chi connectivity index (χ1n) is 8.07. The molecule has 2 atom stereocenters. The summed E-state index contributed by atoms with van der Waals surface area (Å²) in [7, 11) is 1.69. The second-order valence-corrected chi connectivity index (χ2v) is 6.63. The summed E-state index contributed by atoms with van der Waals surface area (Å²) >= 11 is 0. The molecule has 6 nitrogen and oxygen atoms in total. The second kappa shape index (κ2) is 9.57. The van der Waals surface area contributed by atoms with Crippen molar-refractivity contribution in [3.05, 3.63) is 24.2 Å². The molecule has 0 radical (unpaired) electrons. The van der Waals surface area contributed by atoms with Gasteiger partial charge < -0.3 is 24.5 Å². The Morgan fingerprint density at radius 1 is 1.39 bits per heavy atom. The summed E-state index contributed by atoms with van der Waals surface area (Å²) in [5.41, 5.74) is -0.470. The van der Waals surface area contributed by atoms with Gasteiger partial charge >= 0.3 is 6.09 Å². The number of amides is 1. The number of nitrogens with one attached hydrogen (secondary N) is 2. The van der Waals surface area contributed by atoms with Crippen molar-refractivity contribution in [2.45, 2.75) is 58.2 Å². The van der Waals surface area contributed by atoms with Crippen molar-refractivity contribution < 1.29 is 18.7 Å². The Balaban J connectivity index is 2.29. The van der Waals surface area contributed by atoms with Crippen molar-refractivity contribution in [2.75, 3.05) is 20.3 Å². The standard InChI is InChI=1S/C17H30N2O4/c1-13(15-9-7-11-22-15)19-14(12-21-5)8-6-10-18-16(20)23-17(2,3)4/h7,9,11,13-14,19H,6,8,10,12H2,1-5H3,(H,18,20). The predicted octanol–water partition coefficient (Wildman–Crippen LogP) is 3.25. The molecule has 0 aliphatic carbocycles. The van der Waals surface area contributed by atoms with E-state index in [4.69, 9.17) is 13.9 Å². The van der Waals surface area contributed by atoms with Gasteiger partial charge in [-0.15, -0.1) is 0 Å². The summed E-state index contributed by atoms with van der Waals surface area (Å²) in [4.78, 5) is 11.6. The summed E-state index contributed by atoms with van der Waals surface area (Å²) in [5.74, 6) is 0.901. The lowest BCUT2D eigenvalue weighted by molar-refractivity contribution is 0.0526. The van der Waals surface area contributed by atoms with Gasteiger partial charge in [0.05, 0.1) is 18.9 Å². The van der Waals surface area contributed by atoms with E-state index < -0.39 is 5.60 Å². The van der Waals surface area contributed by atoms with Crippen LogP contribution in [0.5, 0.6) is 0 Å². The molecule has 1 heterocycles. The van der Waals surface area contributed by atoms with Gasteiger partial charge in [-0.2, -0.15) is 0 Å². The molecule has 1 aromatic rings. The molecular formula is C17H30N2O4. The zero-order chi connectivity index (χ0) is 17.3. The minimum Gasteiger partial charge on any atom is -0.468 e. The van der Waals surface area contributed by atoms with Crippen LogP contribution in [-0.2, 0) is 9.47 Å². The Bertz CT molecular complexity index is 440. The SMILES string of the molecule is COCC(CCCNC(=O)OC(C)(C)C)NC(C)c1ccco1. The number of rotatable bonds is 9. The highest BCUT2D eigenvalue weighted by Gasteiger charge is 2.17. The van der Waals surface area contributed by atoms with E-state index in [0.29, 0.717) is 13.2 Å². The molecule has 2 N–H and O–H groups in total. The number of methoxy groups -OCH3 is 1. The van der Waals surface area contributed by atoms with E-state index in [-0.39, 0.29) is 18.2 Å². The molecule has 2 unspecified atom stereocenters. The van der Waals surface area contributed by atoms with E-state index in [9.17, 15) is 4.79 Å². The molecule has 0 aromatic carbocycles. The summed E-state index contributed by atoms with van der Waals surface area (Å²) in [6.45, 7) is 8.79. The first kappa shape index (κ1) is 19.5. The van der Waals surface area contributed by atoms with Crippen LogP contribution in [0.15, 0.2) is 22.8 Å². The van der Waals surface area contributed by atoms with Gasteiger partial charge in [-0.25, -0.2) is 4.79 Å². The van der Waals surface area contributed by atoms with Gasteiger partial charge in [0, 0.05) is 19.7 Å². The van der Waals surface area contributed by atoms with Crippen LogP contribution in [0.3, 0.4) is 0 Å². The van der Waals surface area contributed by atoms with Crippen LogP contribution < -0.4 is 10.6 Å². The highest BCUT2D eigenvalue weighted by atomic mass is 16.6. The van der Waals surface area contributed by atoms with E-state index in [2.05, 4.69) is 17.6 Å². The lowest BCUT2D eigenvalue weighted by atomic mass is 10.1. The van der Waals surface area contributed by atoms with E-state index in [0.717, 1.165) is 18.6 Å². The van der Waals surface area contributed by atoms with E-state index >= 15 is 0 Å². The van der Waals surface area contributed by atoms with Crippen molar-refractivity contribution in [3.63, 3.8) is 0 Å². The number of carbonyl (C=O) groups is 1. The third-order valence-electron chi connectivity index (χ3n) is 3.22. The van der Waals surface area contributed by atoms with Gasteiger partial charge in [-0.1, -0.05) is 0 Å². The monoisotopic (exact) mass is 326 g/mol. The lowest BCUT2D eigenvalue weighted by Crippen LogP contribution is -2.37. The second-order valence-electron chi connectivity index (χ2n) is 6.63. The van der Waals surface area contributed by atoms with Crippen LogP contribution in [0, 0.1) is 0 Å². The van der Waals surface area contributed by atoms with Gasteiger partial charge in [-0.05, 0) is 52.7 Å². The Labute approximate surface area is 138 Å². The Morgan fingerprint density at radius 3 is 2.70 bits per heavy atom. The first-order chi connectivity index (χ1) is 10.8. The van der Waals surface area contributed by atoms with E-state index in [1.807, 2.05) is 32.9 Å². The molecule has 0 saturated heterocycles. The zero-order valence-corrected chi connectivity index (χ0v) is 14.8. The molecule has 0 bridgehead atoms. The lowest BCUT2D eigenvalue weighted by Gasteiger charge is -2.22. The van der Waals surface area contributed by atoms with Gasteiger partial charge in [0.1, 0.15) is 11.4 Å². The van der Waals surface area contributed by atoms with Gasteiger partial charge in [0.25, 0.3) is 0 Å². The first-order valence-corrected chi connectivity index (χ1v) is 8.07. The summed E-state index contributed by atoms with van der Waals surface area (Å²) in [6, 6.07) is 4.14. The van der Waals surface area contributed by atoms with Crippen LogP contribution in [0.1, 0.15) is 52.3 Å².